The van der Waals surface area contributed by atoms with Crippen LogP contribution >= 0.6 is 0 Å². The standard InChI is InChI=1S/C28H36N6O6/c1-27(2,3)39-25(36)31-17-9-8-14-34(16-17)19-11-13-29-15-18(19)32-23(35)21-22-20(10-7-12-30-22)38-24(21)33-26(37)40-28(4,5)6/h7,10-13,15,17H,8-9,14,16H2,1-6H3,(H,31,36)(H,32,35)(H,33,37)/t17-/m0/s1. The Bertz CT molecular complexity index is 1390. The van der Waals surface area contributed by atoms with Crippen molar-refractivity contribution in [3.05, 3.63) is 42.4 Å². The fraction of sp³-hybridized carbons (Fsp3) is 0.464. The molecule has 0 radical (unpaired) electrons. The van der Waals surface area contributed by atoms with Crippen molar-refractivity contribution in [1.29, 1.82) is 0 Å². The highest BCUT2D eigenvalue weighted by Crippen LogP contribution is 2.32. The predicted molar refractivity (Wildman–Crippen MR) is 151 cm³/mol. The number of anilines is 3. The summed E-state index contributed by atoms with van der Waals surface area (Å²) in [7, 11) is 0. The van der Waals surface area contributed by atoms with E-state index in [1.807, 2.05) is 20.8 Å². The van der Waals surface area contributed by atoms with Gasteiger partial charge in [-0.2, -0.15) is 0 Å². The van der Waals surface area contributed by atoms with Crippen LogP contribution in [0.15, 0.2) is 41.2 Å². The summed E-state index contributed by atoms with van der Waals surface area (Å²) in [5.74, 6) is -0.622. The summed E-state index contributed by atoms with van der Waals surface area (Å²) in [5.41, 5.74) is 0.532. The van der Waals surface area contributed by atoms with E-state index in [0.29, 0.717) is 17.8 Å². The lowest BCUT2D eigenvalue weighted by Crippen LogP contribution is -2.49. The molecule has 1 saturated heterocycles. The van der Waals surface area contributed by atoms with E-state index in [2.05, 4.69) is 30.8 Å². The number of hydrogen-bond donors (Lipinski definition) is 3. The number of ether oxygens (including phenoxy) is 2. The highest BCUT2D eigenvalue weighted by molar-refractivity contribution is 6.16. The van der Waals surface area contributed by atoms with Crippen LogP contribution in [0, 0.1) is 0 Å². The Morgan fingerprint density at radius 1 is 1.00 bits per heavy atom. The number of amides is 3. The molecule has 0 aliphatic carbocycles. The van der Waals surface area contributed by atoms with Crippen molar-refractivity contribution in [2.24, 2.45) is 0 Å². The number of carbonyl (C=O) groups is 3. The van der Waals surface area contributed by atoms with E-state index in [1.165, 1.54) is 6.20 Å². The van der Waals surface area contributed by atoms with Gasteiger partial charge in [0.2, 0.25) is 5.88 Å². The van der Waals surface area contributed by atoms with Gasteiger partial charge in [0.25, 0.3) is 5.91 Å². The number of furan rings is 1. The minimum absolute atomic E-state index is 0.0550. The Morgan fingerprint density at radius 3 is 2.45 bits per heavy atom. The van der Waals surface area contributed by atoms with Gasteiger partial charge in [-0.3, -0.25) is 20.1 Å². The number of fused-ring (bicyclic) bond motifs is 1. The van der Waals surface area contributed by atoms with Crippen LogP contribution < -0.4 is 20.9 Å². The van der Waals surface area contributed by atoms with E-state index in [0.717, 1.165) is 25.1 Å². The SMILES string of the molecule is CC(C)(C)OC(=O)Nc1oc2cccnc2c1C(=O)Nc1cnccc1N1CCC[C@H](NC(=O)OC(C)(C)C)C1. The van der Waals surface area contributed by atoms with Gasteiger partial charge < -0.3 is 29.4 Å². The number of aromatic nitrogens is 2. The Labute approximate surface area is 232 Å². The number of hydrogen-bond acceptors (Lipinski definition) is 9. The van der Waals surface area contributed by atoms with Crippen LogP contribution in [-0.2, 0) is 9.47 Å². The van der Waals surface area contributed by atoms with Crippen LogP contribution in [0.5, 0.6) is 0 Å². The predicted octanol–water partition coefficient (Wildman–Crippen LogP) is 5.32. The van der Waals surface area contributed by atoms with Gasteiger partial charge in [0.15, 0.2) is 5.58 Å². The van der Waals surface area contributed by atoms with Crippen molar-refractivity contribution in [1.82, 2.24) is 15.3 Å². The molecule has 0 saturated carbocycles. The lowest BCUT2D eigenvalue weighted by molar-refractivity contribution is 0.0498. The third kappa shape index (κ3) is 7.39. The molecular formula is C28H36N6O6. The van der Waals surface area contributed by atoms with Crippen LogP contribution in [0.4, 0.5) is 26.8 Å². The average Bonchev–Trinajstić information content (AvgIpc) is 3.19. The van der Waals surface area contributed by atoms with Crippen LogP contribution in [0.2, 0.25) is 0 Å². The molecule has 0 unspecified atom stereocenters. The Kier molecular flexibility index (Phi) is 8.17. The van der Waals surface area contributed by atoms with E-state index in [9.17, 15) is 14.4 Å². The lowest BCUT2D eigenvalue weighted by Gasteiger charge is -2.35. The van der Waals surface area contributed by atoms with Crippen molar-refractivity contribution >= 4 is 46.5 Å². The third-order valence-corrected chi connectivity index (χ3v) is 5.82. The number of nitrogens with zero attached hydrogens (tertiary/aromatic N) is 3. The lowest BCUT2D eigenvalue weighted by atomic mass is 10.0. The van der Waals surface area contributed by atoms with Gasteiger partial charge in [0.1, 0.15) is 22.3 Å². The summed E-state index contributed by atoms with van der Waals surface area (Å²) in [6.07, 6.45) is 5.12. The molecule has 1 fully saturated rings. The van der Waals surface area contributed by atoms with Crippen LogP contribution in [-0.4, -0.2) is 58.4 Å². The van der Waals surface area contributed by atoms with Gasteiger partial charge in [0.05, 0.1) is 17.6 Å². The Balaban J connectivity index is 1.55. The van der Waals surface area contributed by atoms with E-state index >= 15 is 0 Å². The molecular weight excluding hydrogens is 516 g/mol. The van der Waals surface area contributed by atoms with Crippen molar-refractivity contribution in [3.63, 3.8) is 0 Å². The normalized spacial score (nSPS) is 15.8. The fourth-order valence-corrected chi connectivity index (χ4v) is 4.36. The van der Waals surface area contributed by atoms with Crippen molar-refractivity contribution in [3.8, 4) is 0 Å². The maximum absolute atomic E-state index is 13.6. The van der Waals surface area contributed by atoms with E-state index < -0.39 is 29.3 Å². The Hall–Kier alpha value is -4.35. The first-order chi connectivity index (χ1) is 18.8. The van der Waals surface area contributed by atoms with Gasteiger partial charge in [-0.25, -0.2) is 9.59 Å². The summed E-state index contributed by atoms with van der Waals surface area (Å²) in [5, 5.41) is 8.38. The number of carbonyl (C=O) groups excluding carboxylic acids is 3. The highest BCUT2D eigenvalue weighted by atomic mass is 16.6. The molecule has 1 aliphatic rings. The summed E-state index contributed by atoms with van der Waals surface area (Å²) < 4.78 is 16.5. The fourth-order valence-electron chi connectivity index (χ4n) is 4.36. The molecule has 12 nitrogen and oxygen atoms in total. The quantitative estimate of drug-likeness (QED) is 0.383. The van der Waals surface area contributed by atoms with Crippen LogP contribution in [0.3, 0.4) is 0 Å². The molecule has 40 heavy (non-hydrogen) atoms. The first-order valence-electron chi connectivity index (χ1n) is 13.2. The average molecular weight is 553 g/mol. The summed E-state index contributed by atoms with van der Waals surface area (Å²) in [6.45, 7) is 11.9. The second-order valence-corrected chi connectivity index (χ2v) is 11.6. The molecule has 0 spiro atoms. The number of nitrogens with one attached hydrogen (secondary N) is 3. The maximum atomic E-state index is 13.6. The maximum Gasteiger partial charge on any atom is 0.414 e. The number of rotatable bonds is 5. The van der Waals surface area contributed by atoms with Crippen LogP contribution in [0.25, 0.3) is 11.1 Å². The summed E-state index contributed by atoms with van der Waals surface area (Å²) >= 11 is 0. The Morgan fingerprint density at radius 2 is 1.73 bits per heavy atom. The molecule has 3 aromatic heterocycles. The largest absolute Gasteiger partial charge is 0.444 e. The minimum atomic E-state index is -0.764. The summed E-state index contributed by atoms with van der Waals surface area (Å²) in [6, 6.07) is 4.99. The van der Waals surface area contributed by atoms with Gasteiger partial charge >= 0.3 is 12.2 Å². The van der Waals surface area contributed by atoms with Crippen molar-refractivity contribution < 1.29 is 28.3 Å². The van der Waals surface area contributed by atoms with Gasteiger partial charge in [-0.05, 0) is 72.6 Å². The number of alkyl carbamates (subject to hydrolysis) is 1. The molecule has 214 valence electrons. The van der Waals surface area contributed by atoms with E-state index in [4.69, 9.17) is 13.9 Å². The number of piperidine rings is 1. The first kappa shape index (κ1) is 28.7. The molecule has 4 heterocycles. The zero-order chi connectivity index (χ0) is 29.1. The van der Waals surface area contributed by atoms with Gasteiger partial charge in [-0.1, -0.05) is 0 Å². The first-order valence-corrected chi connectivity index (χ1v) is 13.2. The van der Waals surface area contributed by atoms with Gasteiger partial charge in [-0.15, -0.1) is 0 Å². The van der Waals surface area contributed by atoms with Crippen molar-refractivity contribution in [2.45, 2.75) is 71.6 Å². The van der Waals surface area contributed by atoms with Crippen LogP contribution in [0.1, 0.15) is 64.7 Å². The molecule has 0 aromatic carbocycles. The third-order valence-electron chi connectivity index (χ3n) is 5.82. The highest BCUT2D eigenvalue weighted by Gasteiger charge is 2.29. The smallest absolute Gasteiger partial charge is 0.414 e. The van der Waals surface area contributed by atoms with E-state index in [1.54, 1.807) is 51.4 Å². The zero-order valence-corrected chi connectivity index (χ0v) is 23.7. The molecule has 4 rings (SSSR count). The molecule has 3 N–H and O–H groups in total. The monoisotopic (exact) mass is 552 g/mol. The minimum Gasteiger partial charge on any atom is -0.444 e. The topological polar surface area (TPSA) is 148 Å². The molecule has 0 bridgehead atoms. The second kappa shape index (κ2) is 11.4. The molecule has 3 amide bonds. The zero-order valence-electron chi connectivity index (χ0n) is 23.7. The summed E-state index contributed by atoms with van der Waals surface area (Å²) in [4.78, 5) is 49.0. The number of pyridine rings is 2. The van der Waals surface area contributed by atoms with Crippen molar-refractivity contribution in [2.75, 3.05) is 28.6 Å². The molecule has 1 aliphatic heterocycles. The van der Waals surface area contributed by atoms with Gasteiger partial charge in [0, 0.05) is 31.5 Å². The second-order valence-electron chi connectivity index (χ2n) is 11.6. The molecule has 3 aromatic rings. The van der Waals surface area contributed by atoms with E-state index in [-0.39, 0.29) is 23.0 Å². The molecule has 12 heteroatoms. The molecule has 1 atom stereocenters.